The fourth-order valence-electron chi connectivity index (χ4n) is 2.25. The summed E-state index contributed by atoms with van der Waals surface area (Å²) in [5.41, 5.74) is 3.32. The van der Waals surface area contributed by atoms with Crippen molar-refractivity contribution in [3.63, 3.8) is 0 Å². The van der Waals surface area contributed by atoms with Gasteiger partial charge in [0.05, 0.1) is 11.4 Å². The van der Waals surface area contributed by atoms with Crippen LogP contribution in [-0.4, -0.2) is 11.5 Å². The first-order chi connectivity index (χ1) is 9.24. The van der Waals surface area contributed by atoms with Gasteiger partial charge in [0, 0.05) is 10.6 Å². The van der Waals surface area contributed by atoms with Crippen LogP contribution in [0.5, 0.6) is 0 Å². The number of aliphatic imine (C=N–C) groups is 1. The first kappa shape index (κ1) is 12.1. The number of aryl methyl sites for hydroxylation is 1. The third kappa shape index (κ3) is 2.45. The molecule has 0 aliphatic carbocycles. The molecule has 94 valence electrons. The second-order valence-electron chi connectivity index (χ2n) is 4.53. The molecule has 19 heavy (non-hydrogen) atoms. The Kier molecular flexibility index (Phi) is 3.18. The molecule has 1 heterocycles. The molecular weight excluding hydrogens is 258 g/mol. The Morgan fingerprint density at radius 3 is 2.74 bits per heavy atom. The number of hydrogen-bond donors (Lipinski definition) is 0. The highest BCUT2D eigenvalue weighted by atomic mass is 35.5. The molecule has 3 rings (SSSR count). The molecule has 0 fully saturated rings. The molecule has 0 amide bonds. The van der Waals surface area contributed by atoms with Crippen molar-refractivity contribution in [2.24, 2.45) is 4.99 Å². The topological polar surface area (TPSA) is 29.4 Å². The molecule has 0 unspecified atom stereocenters. The lowest BCUT2D eigenvalue weighted by Gasteiger charge is -2.14. The minimum absolute atomic E-state index is 0.0306. The molecule has 0 atom stereocenters. The summed E-state index contributed by atoms with van der Waals surface area (Å²) in [6, 6.07) is 14.9. The van der Waals surface area contributed by atoms with Crippen LogP contribution < -0.4 is 0 Å². The number of nitrogens with zero attached hydrogens (tertiary/aromatic N) is 1. The van der Waals surface area contributed by atoms with E-state index in [1.807, 2.05) is 18.2 Å². The number of benzene rings is 2. The van der Waals surface area contributed by atoms with Crippen molar-refractivity contribution in [3.05, 3.63) is 64.7 Å². The number of carbonyl (C=O) groups excluding carboxylic acids is 1. The fourth-order valence-corrected chi connectivity index (χ4v) is 2.44. The van der Waals surface area contributed by atoms with E-state index >= 15 is 0 Å². The van der Waals surface area contributed by atoms with Gasteiger partial charge in [-0.15, -0.1) is 0 Å². The summed E-state index contributed by atoms with van der Waals surface area (Å²) in [5.74, 6) is -0.0306. The molecule has 0 radical (unpaired) electrons. The Bertz CT molecular complexity index is 676. The van der Waals surface area contributed by atoms with Crippen LogP contribution in [0.2, 0.25) is 5.02 Å². The van der Waals surface area contributed by atoms with Crippen molar-refractivity contribution in [2.75, 3.05) is 0 Å². The zero-order valence-electron chi connectivity index (χ0n) is 10.3. The van der Waals surface area contributed by atoms with E-state index in [-0.39, 0.29) is 5.78 Å². The van der Waals surface area contributed by atoms with Gasteiger partial charge in [-0.3, -0.25) is 4.79 Å². The molecule has 0 aromatic heterocycles. The van der Waals surface area contributed by atoms with Gasteiger partial charge in [-0.05, 0) is 36.6 Å². The lowest BCUT2D eigenvalue weighted by atomic mass is 9.97. The molecule has 1 aliphatic rings. The highest BCUT2D eigenvalue weighted by molar-refractivity contribution is 6.47. The minimum atomic E-state index is -0.0306. The van der Waals surface area contributed by atoms with Crippen molar-refractivity contribution in [2.45, 2.75) is 12.8 Å². The Morgan fingerprint density at radius 2 is 1.89 bits per heavy atom. The van der Waals surface area contributed by atoms with Crippen molar-refractivity contribution in [1.29, 1.82) is 0 Å². The molecule has 0 N–H and O–H groups in total. The molecule has 0 spiro atoms. The molecule has 2 aromatic carbocycles. The SMILES string of the molecule is O=C(C1=Nc2ccccc2CC1)c1cccc(Cl)c1. The lowest BCUT2D eigenvalue weighted by Crippen LogP contribution is -2.17. The van der Waals surface area contributed by atoms with Crippen molar-refractivity contribution in [3.8, 4) is 0 Å². The maximum absolute atomic E-state index is 12.4. The van der Waals surface area contributed by atoms with Crippen LogP contribution in [-0.2, 0) is 6.42 Å². The molecule has 2 aromatic rings. The first-order valence-electron chi connectivity index (χ1n) is 6.20. The highest BCUT2D eigenvalue weighted by Crippen LogP contribution is 2.26. The monoisotopic (exact) mass is 269 g/mol. The van der Waals surface area contributed by atoms with E-state index in [4.69, 9.17) is 11.6 Å². The average molecular weight is 270 g/mol. The van der Waals surface area contributed by atoms with Gasteiger partial charge in [-0.25, -0.2) is 4.99 Å². The third-order valence-electron chi connectivity index (χ3n) is 3.23. The van der Waals surface area contributed by atoms with Crippen molar-refractivity contribution >= 4 is 28.8 Å². The maximum Gasteiger partial charge on any atom is 0.207 e. The molecule has 0 bridgehead atoms. The fraction of sp³-hybridized carbons (Fsp3) is 0.125. The summed E-state index contributed by atoms with van der Waals surface area (Å²) >= 11 is 5.92. The Hall–Kier alpha value is -1.93. The number of halogens is 1. The second kappa shape index (κ2) is 4.98. The van der Waals surface area contributed by atoms with Crippen molar-refractivity contribution < 1.29 is 4.79 Å². The summed E-state index contributed by atoms with van der Waals surface area (Å²) in [6.45, 7) is 0. The number of hydrogen-bond acceptors (Lipinski definition) is 2. The third-order valence-corrected chi connectivity index (χ3v) is 3.46. The first-order valence-corrected chi connectivity index (χ1v) is 6.57. The molecular formula is C16H12ClNO. The van der Waals surface area contributed by atoms with E-state index < -0.39 is 0 Å². The summed E-state index contributed by atoms with van der Waals surface area (Å²) in [7, 11) is 0. The Labute approximate surface area is 116 Å². The number of carbonyl (C=O) groups is 1. The molecule has 3 heteroatoms. The van der Waals surface area contributed by atoms with Gasteiger partial charge in [0.25, 0.3) is 0 Å². The van der Waals surface area contributed by atoms with E-state index in [1.54, 1.807) is 24.3 Å². The zero-order chi connectivity index (χ0) is 13.2. The molecule has 0 saturated carbocycles. The quantitative estimate of drug-likeness (QED) is 0.750. The minimum Gasteiger partial charge on any atom is -0.287 e. The summed E-state index contributed by atoms with van der Waals surface area (Å²) in [5, 5.41) is 0.572. The number of para-hydroxylation sites is 1. The van der Waals surface area contributed by atoms with Gasteiger partial charge in [-0.1, -0.05) is 41.9 Å². The Morgan fingerprint density at radius 1 is 1.05 bits per heavy atom. The summed E-state index contributed by atoms with van der Waals surface area (Å²) in [4.78, 5) is 16.8. The number of rotatable bonds is 2. The van der Waals surface area contributed by atoms with Gasteiger partial charge < -0.3 is 0 Å². The molecule has 1 aliphatic heterocycles. The van der Waals surface area contributed by atoms with Gasteiger partial charge in [0.1, 0.15) is 0 Å². The zero-order valence-corrected chi connectivity index (χ0v) is 11.0. The van der Waals surface area contributed by atoms with Crippen LogP contribution in [0.4, 0.5) is 5.69 Å². The van der Waals surface area contributed by atoms with Crippen LogP contribution in [0.15, 0.2) is 53.5 Å². The summed E-state index contributed by atoms with van der Waals surface area (Å²) in [6.07, 6.45) is 1.55. The maximum atomic E-state index is 12.4. The second-order valence-corrected chi connectivity index (χ2v) is 4.96. The van der Waals surface area contributed by atoms with E-state index in [9.17, 15) is 4.79 Å². The van der Waals surface area contributed by atoms with Gasteiger partial charge in [-0.2, -0.15) is 0 Å². The van der Waals surface area contributed by atoms with Crippen LogP contribution >= 0.6 is 11.6 Å². The summed E-state index contributed by atoms with van der Waals surface area (Å²) < 4.78 is 0. The normalized spacial score (nSPS) is 13.6. The predicted molar refractivity (Wildman–Crippen MR) is 77.6 cm³/mol. The van der Waals surface area contributed by atoms with Gasteiger partial charge in [0.15, 0.2) is 0 Å². The van der Waals surface area contributed by atoms with Crippen molar-refractivity contribution in [1.82, 2.24) is 0 Å². The predicted octanol–water partition coefficient (Wildman–Crippen LogP) is 4.24. The number of Topliss-reactive ketones (excluding diaryl/α,β-unsaturated/α-hetero) is 1. The lowest BCUT2D eigenvalue weighted by molar-refractivity contribution is 0.106. The van der Waals surface area contributed by atoms with E-state index in [2.05, 4.69) is 11.1 Å². The smallest absolute Gasteiger partial charge is 0.207 e. The van der Waals surface area contributed by atoms with E-state index in [1.165, 1.54) is 5.56 Å². The largest absolute Gasteiger partial charge is 0.287 e. The van der Waals surface area contributed by atoms with Crippen LogP contribution in [0, 0.1) is 0 Å². The van der Waals surface area contributed by atoms with Crippen LogP contribution in [0.1, 0.15) is 22.3 Å². The van der Waals surface area contributed by atoms with Crippen LogP contribution in [0.25, 0.3) is 0 Å². The molecule has 0 saturated heterocycles. The standard InChI is InChI=1S/C16H12ClNO/c17-13-6-3-5-12(10-13)16(19)15-9-8-11-4-1-2-7-14(11)18-15/h1-7,10H,8-9H2. The van der Waals surface area contributed by atoms with Gasteiger partial charge in [0.2, 0.25) is 5.78 Å². The number of ketones is 1. The highest BCUT2D eigenvalue weighted by Gasteiger charge is 2.19. The number of fused-ring (bicyclic) bond motifs is 1. The Balaban J connectivity index is 1.96. The van der Waals surface area contributed by atoms with Gasteiger partial charge >= 0.3 is 0 Å². The van der Waals surface area contributed by atoms with E-state index in [0.717, 1.165) is 12.1 Å². The van der Waals surface area contributed by atoms with E-state index in [0.29, 0.717) is 22.7 Å². The van der Waals surface area contributed by atoms with Crippen LogP contribution in [0.3, 0.4) is 0 Å². The average Bonchev–Trinajstić information content (AvgIpc) is 2.46. The molecule has 2 nitrogen and oxygen atoms in total.